The molecule has 0 fully saturated rings. The van der Waals surface area contributed by atoms with E-state index in [0.717, 1.165) is 11.1 Å². The Morgan fingerprint density at radius 3 is 2.00 bits per heavy atom. The van der Waals surface area contributed by atoms with E-state index in [1.807, 2.05) is 31.2 Å². The van der Waals surface area contributed by atoms with Gasteiger partial charge in [0.15, 0.2) is 5.16 Å². The number of hydrogen-bond donors (Lipinski definition) is 0. The lowest BCUT2D eigenvalue weighted by Gasteiger charge is -1.99. The third-order valence-corrected chi connectivity index (χ3v) is 2.77. The van der Waals surface area contributed by atoms with Crippen LogP contribution in [0.25, 0.3) is 0 Å². The summed E-state index contributed by atoms with van der Waals surface area (Å²) in [5.41, 5.74) is 1.90. The summed E-state index contributed by atoms with van der Waals surface area (Å²) in [5.74, 6) is 0. The summed E-state index contributed by atoms with van der Waals surface area (Å²) < 4.78 is -0.109. The minimum absolute atomic E-state index is 0.0242. The first-order valence-electron chi connectivity index (χ1n) is 4.02. The molecule has 0 unspecified atom stereocenters. The topological polar surface area (TPSA) is 12.4 Å². The SMILES string of the molecule is Cc1ccc(/C(Cl)=N/C(Cl)=C(Cl)Cl)cc1. The van der Waals surface area contributed by atoms with Gasteiger partial charge >= 0.3 is 0 Å². The minimum atomic E-state index is -0.109. The van der Waals surface area contributed by atoms with Crippen molar-refractivity contribution in [3.8, 4) is 0 Å². The largest absolute Gasteiger partial charge is 0.221 e. The van der Waals surface area contributed by atoms with Gasteiger partial charge in [-0.25, -0.2) is 4.99 Å². The molecule has 0 aliphatic heterocycles. The van der Waals surface area contributed by atoms with Gasteiger partial charge in [-0.1, -0.05) is 76.2 Å². The number of hydrogen-bond acceptors (Lipinski definition) is 1. The molecule has 1 rings (SSSR count). The highest BCUT2D eigenvalue weighted by Crippen LogP contribution is 2.20. The van der Waals surface area contributed by atoms with Crippen molar-refractivity contribution in [2.75, 3.05) is 0 Å². The van der Waals surface area contributed by atoms with Gasteiger partial charge in [-0.05, 0) is 6.92 Å². The molecule has 0 saturated carbocycles. The Kier molecular flexibility index (Phi) is 4.94. The first-order chi connectivity index (χ1) is 7.00. The van der Waals surface area contributed by atoms with Crippen molar-refractivity contribution in [3.63, 3.8) is 0 Å². The highest BCUT2D eigenvalue weighted by atomic mass is 35.5. The van der Waals surface area contributed by atoms with Crippen LogP contribution in [-0.2, 0) is 0 Å². The second-order valence-corrected chi connectivity index (χ2v) is 4.49. The van der Waals surface area contributed by atoms with E-state index in [1.54, 1.807) is 0 Å². The summed E-state index contributed by atoms with van der Waals surface area (Å²) in [6.07, 6.45) is 0. The average molecular weight is 283 g/mol. The predicted molar refractivity (Wildman–Crippen MR) is 68.2 cm³/mol. The zero-order chi connectivity index (χ0) is 11.4. The first kappa shape index (κ1) is 12.9. The summed E-state index contributed by atoms with van der Waals surface area (Å²) in [5, 5.41) is 0.225. The molecule has 1 nitrogen and oxygen atoms in total. The van der Waals surface area contributed by atoms with Gasteiger partial charge in [0.05, 0.1) is 0 Å². The number of halogens is 4. The Balaban J connectivity index is 2.99. The average Bonchev–Trinajstić information content (AvgIpc) is 2.18. The van der Waals surface area contributed by atoms with Gasteiger partial charge in [0.2, 0.25) is 0 Å². The number of rotatable bonds is 2. The molecule has 0 bridgehead atoms. The van der Waals surface area contributed by atoms with Crippen LogP contribution in [0.3, 0.4) is 0 Å². The van der Waals surface area contributed by atoms with Crippen molar-refractivity contribution in [2.45, 2.75) is 6.92 Å². The summed E-state index contributed by atoms with van der Waals surface area (Å²) in [6, 6.07) is 7.53. The summed E-state index contributed by atoms with van der Waals surface area (Å²) in [7, 11) is 0. The van der Waals surface area contributed by atoms with Crippen LogP contribution < -0.4 is 0 Å². The number of nitrogens with zero attached hydrogens (tertiary/aromatic N) is 1. The van der Waals surface area contributed by atoms with Crippen LogP contribution in [0.4, 0.5) is 0 Å². The zero-order valence-electron chi connectivity index (χ0n) is 7.77. The highest BCUT2D eigenvalue weighted by Gasteiger charge is 2.02. The fourth-order valence-electron chi connectivity index (χ4n) is 0.884. The molecule has 0 aliphatic carbocycles. The van der Waals surface area contributed by atoms with E-state index in [9.17, 15) is 0 Å². The van der Waals surface area contributed by atoms with Gasteiger partial charge in [0.1, 0.15) is 9.66 Å². The Labute approximate surface area is 108 Å². The molecule has 0 heterocycles. The third kappa shape index (κ3) is 4.04. The van der Waals surface area contributed by atoms with Crippen LogP contribution in [0.1, 0.15) is 11.1 Å². The monoisotopic (exact) mass is 281 g/mol. The maximum Gasteiger partial charge on any atom is 0.160 e. The van der Waals surface area contributed by atoms with E-state index in [2.05, 4.69) is 4.99 Å². The zero-order valence-corrected chi connectivity index (χ0v) is 10.8. The molecular weight excluding hydrogens is 276 g/mol. The number of aliphatic imine (C=N–C) groups is 1. The summed E-state index contributed by atoms with van der Waals surface area (Å²) in [4.78, 5) is 3.84. The van der Waals surface area contributed by atoms with E-state index in [-0.39, 0.29) is 14.8 Å². The lowest BCUT2D eigenvalue weighted by Crippen LogP contribution is -1.91. The molecule has 15 heavy (non-hydrogen) atoms. The van der Waals surface area contributed by atoms with Crippen LogP contribution in [0.2, 0.25) is 0 Å². The Morgan fingerprint density at radius 2 is 1.53 bits per heavy atom. The molecular formula is C10H7Cl4N. The van der Waals surface area contributed by atoms with Crippen LogP contribution in [0, 0.1) is 6.92 Å². The molecule has 5 heteroatoms. The molecule has 1 aromatic carbocycles. The van der Waals surface area contributed by atoms with Crippen molar-refractivity contribution >= 4 is 51.6 Å². The van der Waals surface area contributed by atoms with Crippen molar-refractivity contribution < 1.29 is 0 Å². The Bertz CT molecular complexity index is 402. The summed E-state index contributed by atoms with van der Waals surface area (Å²) in [6.45, 7) is 1.98. The van der Waals surface area contributed by atoms with Gasteiger partial charge in [0.25, 0.3) is 0 Å². The van der Waals surface area contributed by atoms with Gasteiger partial charge in [-0.2, -0.15) is 0 Å². The van der Waals surface area contributed by atoms with E-state index < -0.39 is 0 Å². The predicted octanol–water partition coefficient (Wildman–Crippen LogP) is 4.82. The van der Waals surface area contributed by atoms with E-state index >= 15 is 0 Å². The van der Waals surface area contributed by atoms with Crippen molar-refractivity contribution in [2.24, 2.45) is 4.99 Å². The normalized spacial score (nSPS) is 11.4. The number of benzene rings is 1. The van der Waals surface area contributed by atoms with Crippen LogP contribution in [-0.4, -0.2) is 5.17 Å². The third-order valence-electron chi connectivity index (χ3n) is 1.64. The van der Waals surface area contributed by atoms with E-state index in [1.165, 1.54) is 0 Å². The van der Waals surface area contributed by atoms with E-state index in [0.29, 0.717) is 0 Å². The minimum Gasteiger partial charge on any atom is -0.221 e. The molecule has 0 N–H and O–H groups in total. The quantitative estimate of drug-likeness (QED) is 0.545. The van der Waals surface area contributed by atoms with Crippen LogP contribution >= 0.6 is 46.4 Å². The van der Waals surface area contributed by atoms with Crippen LogP contribution in [0.5, 0.6) is 0 Å². The Morgan fingerprint density at radius 1 is 1.00 bits per heavy atom. The molecule has 1 aromatic rings. The molecule has 0 amide bonds. The van der Waals surface area contributed by atoms with Gasteiger partial charge < -0.3 is 0 Å². The maximum absolute atomic E-state index is 5.91. The smallest absolute Gasteiger partial charge is 0.160 e. The van der Waals surface area contributed by atoms with Crippen molar-refractivity contribution in [1.82, 2.24) is 0 Å². The van der Waals surface area contributed by atoms with Gasteiger partial charge in [0, 0.05) is 5.56 Å². The maximum atomic E-state index is 5.91. The van der Waals surface area contributed by atoms with E-state index in [4.69, 9.17) is 46.4 Å². The van der Waals surface area contributed by atoms with Gasteiger partial charge in [-0.3, -0.25) is 0 Å². The molecule has 0 radical (unpaired) electrons. The lowest BCUT2D eigenvalue weighted by atomic mass is 10.2. The van der Waals surface area contributed by atoms with Gasteiger partial charge in [-0.15, -0.1) is 0 Å². The molecule has 0 aromatic heterocycles. The first-order valence-corrected chi connectivity index (χ1v) is 5.54. The molecule has 80 valence electrons. The second-order valence-electron chi connectivity index (χ2n) is 2.82. The molecule has 0 atom stereocenters. The fraction of sp³-hybridized carbons (Fsp3) is 0.100. The number of aryl methyl sites for hydroxylation is 1. The standard InChI is InChI=1S/C10H7Cl4N/c1-6-2-4-7(5-3-6)9(13)15-10(14)8(11)12/h2-5H,1H3/b15-9-. The summed E-state index contributed by atoms with van der Waals surface area (Å²) >= 11 is 22.4. The van der Waals surface area contributed by atoms with Crippen LogP contribution in [0.15, 0.2) is 38.9 Å². The molecule has 0 spiro atoms. The van der Waals surface area contributed by atoms with Crippen molar-refractivity contribution in [3.05, 3.63) is 45.0 Å². The molecule has 0 saturated heterocycles. The molecule has 0 aliphatic rings. The van der Waals surface area contributed by atoms with Crippen molar-refractivity contribution in [1.29, 1.82) is 0 Å². The second kappa shape index (κ2) is 5.76. The highest BCUT2D eigenvalue weighted by molar-refractivity contribution is 6.70. The lowest BCUT2D eigenvalue weighted by molar-refractivity contribution is 1.45. The fourth-order valence-corrected chi connectivity index (χ4v) is 1.31. The Hall–Kier alpha value is -0.210.